The number of nitrogens with zero attached hydrogens (tertiary/aromatic N) is 3. The van der Waals surface area contributed by atoms with Crippen LogP contribution in [-0.4, -0.2) is 27.3 Å². The second-order valence-electron chi connectivity index (χ2n) is 4.78. The van der Waals surface area contributed by atoms with Crippen LogP contribution < -0.4 is 0 Å². The van der Waals surface area contributed by atoms with E-state index in [0.717, 1.165) is 20.7 Å². The van der Waals surface area contributed by atoms with Crippen molar-refractivity contribution in [1.29, 1.82) is 0 Å². The predicted octanol–water partition coefficient (Wildman–Crippen LogP) is 3.99. The molecule has 0 saturated heterocycles. The van der Waals surface area contributed by atoms with Crippen molar-refractivity contribution < 1.29 is 9.53 Å². The van der Waals surface area contributed by atoms with E-state index in [9.17, 15) is 4.79 Å². The van der Waals surface area contributed by atoms with Gasteiger partial charge in [0.05, 0.1) is 30.6 Å². The van der Waals surface area contributed by atoms with E-state index in [-0.39, 0.29) is 5.97 Å². The highest BCUT2D eigenvalue weighted by Crippen LogP contribution is 2.25. The third-order valence-electron chi connectivity index (χ3n) is 3.11. The van der Waals surface area contributed by atoms with Crippen LogP contribution in [0.15, 0.2) is 46.5 Å². The molecule has 0 aliphatic carbocycles. The number of rotatable bonds is 5. The number of carbonyl (C=O) groups is 1. The molecule has 0 N–H and O–H groups in total. The first-order valence-electron chi connectivity index (χ1n) is 7.05. The summed E-state index contributed by atoms with van der Waals surface area (Å²) in [6, 6.07) is 8.02. The number of halogens is 1. The van der Waals surface area contributed by atoms with Crippen molar-refractivity contribution in [3.05, 3.63) is 57.1 Å². The maximum absolute atomic E-state index is 11.6. The topological polar surface area (TPSA) is 57.0 Å². The molecule has 0 fully saturated rings. The fraction of sp³-hybridized carbons (Fsp3) is 0.188. The van der Waals surface area contributed by atoms with Crippen molar-refractivity contribution in [1.82, 2.24) is 14.8 Å². The molecule has 7 heteroatoms. The van der Waals surface area contributed by atoms with E-state index in [1.807, 2.05) is 29.6 Å². The summed E-state index contributed by atoms with van der Waals surface area (Å²) in [7, 11) is 0. The van der Waals surface area contributed by atoms with Crippen LogP contribution in [-0.2, 0) is 11.3 Å². The van der Waals surface area contributed by atoms with Gasteiger partial charge in [0.1, 0.15) is 5.01 Å². The van der Waals surface area contributed by atoms with Crippen molar-refractivity contribution in [3.8, 4) is 11.3 Å². The lowest BCUT2D eigenvalue weighted by Gasteiger charge is -1.99. The normalized spacial score (nSPS) is 10.7. The number of hydrogen-bond acceptors (Lipinski definition) is 5. The smallest absolute Gasteiger partial charge is 0.341 e. The van der Waals surface area contributed by atoms with Gasteiger partial charge in [-0.2, -0.15) is 5.10 Å². The highest BCUT2D eigenvalue weighted by molar-refractivity contribution is 9.10. The summed E-state index contributed by atoms with van der Waals surface area (Å²) >= 11 is 5.04. The van der Waals surface area contributed by atoms with E-state index >= 15 is 0 Å². The molecule has 5 nitrogen and oxygen atoms in total. The molecule has 0 bridgehead atoms. The summed E-state index contributed by atoms with van der Waals surface area (Å²) in [6.45, 7) is 2.66. The molecule has 2 aromatic heterocycles. The minimum atomic E-state index is -0.354. The lowest BCUT2D eigenvalue weighted by atomic mass is 10.2. The fourth-order valence-corrected chi connectivity index (χ4v) is 3.27. The largest absolute Gasteiger partial charge is 0.462 e. The van der Waals surface area contributed by atoms with Crippen LogP contribution in [0.4, 0.5) is 0 Å². The molecule has 0 spiro atoms. The lowest BCUT2D eigenvalue weighted by molar-refractivity contribution is 0.0526. The minimum absolute atomic E-state index is 0.354. The summed E-state index contributed by atoms with van der Waals surface area (Å²) in [5, 5.41) is 7.14. The molecule has 0 atom stereocenters. The van der Waals surface area contributed by atoms with Gasteiger partial charge in [-0.15, -0.1) is 11.3 Å². The van der Waals surface area contributed by atoms with Crippen LogP contribution in [0.3, 0.4) is 0 Å². The maximum atomic E-state index is 11.6. The van der Waals surface area contributed by atoms with E-state index in [1.165, 1.54) is 6.20 Å². The summed E-state index contributed by atoms with van der Waals surface area (Å²) in [6.07, 6.45) is 3.19. The zero-order chi connectivity index (χ0) is 16.2. The van der Waals surface area contributed by atoms with E-state index in [2.05, 4.69) is 26.0 Å². The average Bonchev–Trinajstić information content (AvgIpc) is 3.17. The monoisotopic (exact) mass is 391 g/mol. The zero-order valence-corrected chi connectivity index (χ0v) is 14.8. The third-order valence-corrected chi connectivity index (χ3v) is 4.44. The molecule has 118 valence electrons. The first-order valence-corrected chi connectivity index (χ1v) is 8.73. The first-order chi connectivity index (χ1) is 11.2. The quantitative estimate of drug-likeness (QED) is 0.616. The van der Waals surface area contributed by atoms with Crippen LogP contribution in [0.1, 0.15) is 22.3 Å². The van der Waals surface area contributed by atoms with E-state index in [4.69, 9.17) is 4.74 Å². The summed E-state index contributed by atoms with van der Waals surface area (Å²) in [5.74, 6) is -0.354. The Labute approximate surface area is 146 Å². The number of thiazole rings is 1. The molecule has 0 aliphatic rings. The van der Waals surface area contributed by atoms with Gasteiger partial charge in [0.25, 0.3) is 0 Å². The van der Waals surface area contributed by atoms with Gasteiger partial charge in [0.15, 0.2) is 0 Å². The fourth-order valence-electron chi connectivity index (χ4n) is 2.07. The van der Waals surface area contributed by atoms with Gasteiger partial charge in [-0.05, 0) is 19.1 Å². The summed E-state index contributed by atoms with van der Waals surface area (Å²) in [5.41, 5.74) is 2.45. The second-order valence-corrected chi connectivity index (χ2v) is 6.64. The van der Waals surface area contributed by atoms with Crippen LogP contribution >= 0.6 is 27.3 Å². The molecule has 0 radical (unpaired) electrons. The third kappa shape index (κ3) is 3.86. The first kappa shape index (κ1) is 15.9. The highest BCUT2D eigenvalue weighted by Gasteiger charge is 2.11. The Morgan fingerprint density at radius 2 is 2.30 bits per heavy atom. The maximum Gasteiger partial charge on any atom is 0.341 e. The molecule has 3 rings (SSSR count). The molecule has 0 unspecified atom stereocenters. The summed E-state index contributed by atoms with van der Waals surface area (Å²) < 4.78 is 7.67. The molecule has 0 amide bonds. The Bertz CT molecular complexity index is 828. The molecule has 0 aliphatic heterocycles. The highest BCUT2D eigenvalue weighted by atomic mass is 79.9. The molecule has 1 aromatic carbocycles. The molecule has 23 heavy (non-hydrogen) atoms. The minimum Gasteiger partial charge on any atom is -0.462 e. The Kier molecular flexibility index (Phi) is 4.88. The van der Waals surface area contributed by atoms with Crippen LogP contribution in [0, 0.1) is 0 Å². The van der Waals surface area contributed by atoms with Gasteiger partial charge < -0.3 is 4.74 Å². The van der Waals surface area contributed by atoms with Crippen molar-refractivity contribution in [3.63, 3.8) is 0 Å². The SMILES string of the molecule is CCOC(=O)c1cnn(Cc2nc(-c3cccc(Br)c3)cs2)c1. The second kappa shape index (κ2) is 7.06. The predicted molar refractivity (Wildman–Crippen MR) is 92.5 cm³/mol. The van der Waals surface area contributed by atoms with Gasteiger partial charge in [-0.25, -0.2) is 9.78 Å². The molecular formula is C16H14BrN3O2S. The Hall–Kier alpha value is -1.99. The lowest BCUT2D eigenvalue weighted by Crippen LogP contribution is -2.04. The standard InChI is InChI=1S/C16H14BrN3O2S/c1-2-22-16(21)12-7-18-20(8-12)9-15-19-14(10-23-15)11-4-3-5-13(17)6-11/h3-8,10H,2,9H2,1H3. The van der Waals surface area contributed by atoms with Gasteiger partial charge in [0, 0.05) is 21.6 Å². The van der Waals surface area contributed by atoms with Gasteiger partial charge in [-0.3, -0.25) is 4.68 Å². The van der Waals surface area contributed by atoms with Crippen LogP contribution in [0.25, 0.3) is 11.3 Å². The van der Waals surface area contributed by atoms with Crippen molar-refractivity contribution in [2.45, 2.75) is 13.5 Å². The van der Waals surface area contributed by atoms with Gasteiger partial charge in [0.2, 0.25) is 0 Å². The Balaban J connectivity index is 1.73. The molecule has 0 saturated carbocycles. The number of aromatic nitrogens is 3. The number of benzene rings is 1. The van der Waals surface area contributed by atoms with Gasteiger partial charge in [-0.1, -0.05) is 28.1 Å². The zero-order valence-electron chi connectivity index (χ0n) is 12.4. The Morgan fingerprint density at radius 1 is 1.43 bits per heavy atom. The number of carbonyl (C=O) groups excluding carboxylic acids is 1. The van der Waals surface area contributed by atoms with Crippen molar-refractivity contribution in [2.75, 3.05) is 6.61 Å². The molecule has 3 aromatic rings. The summed E-state index contributed by atoms with van der Waals surface area (Å²) in [4.78, 5) is 16.3. The van der Waals surface area contributed by atoms with E-state index in [1.54, 1.807) is 29.1 Å². The van der Waals surface area contributed by atoms with Gasteiger partial charge >= 0.3 is 5.97 Å². The average molecular weight is 392 g/mol. The van der Waals surface area contributed by atoms with Crippen molar-refractivity contribution >= 4 is 33.2 Å². The Morgan fingerprint density at radius 3 is 3.09 bits per heavy atom. The molecule has 2 heterocycles. The molecular weight excluding hydrogens is 378 g/mol. The number of hydrogen-bond donors (Lipinski definition) is 0. The van der Waals surface area contributed by atoms with Crippen LogP contribution in [0.5, 0.6) is 0 Å². The number of ether oxygens (including phenoxy) is 1. The van der Waals surface area contributed by atoms with E-state index < -0.39 is 0 Å². The van der Waals surface area contributed by atoms with Crippen LogP contribution in [0.2, 0.25) is 0 Å². The van der Waals surface area contributed by atoms with E-state index in [0.29, 0.717) is 18.7 Å². The van der Waals surface area contributed by atoms with Crippen molar-refractivity contribution in [2.24, 2.45) is 0 Å². The number of esters is 1.